The van der Waals surface area contributed by atoms with E-state index >= 15 is 0 Å². The molecule has 0 spiro atoms. The number of benzene rings is 7. The molecule has 0 aromatic heterocycles. The highest BCUT2D eigenvalue weighted by atomic mass is 35.5. The standard InChI is InChI=1S/C55H37Cl5F6N8O8/c1-26-20-45(70-53(80)49(28(3)76)74-72-47-22-30(5-19-40(47)59)51(78)69-44-24-36(15-17-38(44)55(64,65)66)82-34-12-8-32(57)9-13-34)41(60)25-42(26)67-52(79)48(27(2)75)73-71-46-21-29(4-18-39(46)58)50(77)68-43-23-35(14-16-37(43)54(61,62)63)81-33-10-6-31(56)7-11-33/h4-25,48-49H,1-3H3,(H,67,79)(H,68,77)(H,69,78)(H,70,80). The minimum atomic E-state index is -4.89. The number of halogens is 11. The normalized spacial score (nSPS) is 12.4. The first-order valence-electron chi connectivity index (χ1n) is 23.4. The molecule has 7 rings (SSSR count). The molecule has 422 valence electrons. The van der Waals surface area contributed by atoms with Crippen LogP contribution < -0.4 is 30.7 Å². The number of Topliss-reactive ketones (excluding diaryl/α,β-unsaturated/α-hetero) is 2. The number of carbonyl (C=O) groups is 6. The van der Waals surface area contributed by atoms with Gasteiger partial charge < -0.3 is 30.7 Å². The molecule has 7 aromatic carbocycles. The van der Waals surface area contributed by atoms with Crippen molar-refractivity contribution >= 4 is 127 Å². The van der Waals surface area contributed by atoms with E-state index in [1.807, 2.05) is 0 Å². The van der Waals surface area contributed by atoms with Crippen molar-refractivity contribution in [1.82, 2.24) is 0 Å². The SMILES string of the molecule is CC(=O)C(N=Nc1cc(C(=O)Nc2cc(Oc3ccc(Cl)cc3)ccc2C(F)(F)F)ccc1Cl)C(=O)Nc1cc(Cl)c(NC(=O)C(N=Nc2cc(C(=O)Nc3cc(Oc4ccc(Cl)cc4)ccc3C(F)(F)F)ccc2Cl)C(C)=O)cc1C. The number of aryl methyl sites for hydroxylation is 1. The number of azo groups is 2. The van der Waals surface area contributed by atoms with E-state index in [1.54, 1.807) is 0 Å². The van der Waals surface area contributed by atoms with Gasteiger partial charge in [0.15, 0.2) is 11.6 Å². The van der Waals surface area contributed by atoms with Crippen molar-refractivity contribution in [2.24, 2.45) is 20.5 Å². The van der Waals surface area contributed by atoms with Crippen molar-refractivity contribution in [3.8, 4) is 23.0 Å². The van der Waals surface area contributed by atoms with Crippen LogP contribution >= 0.6 is 58.0 Å². The monoisotopic (exact) mass is 1230 g/mol. The van der Waals surface area contributed by atoms with Gasteiger partial charge in [-0.25, -0.2) is 0 Å². The van der Waals surface area contributed by atoms with Gasteiger partial charge in [0.25, 0.3) is 23.6 Å². The second-order valence-electron chi connectivity index (χ2n) is 17.3. The van der Waals surface area contributed by atoms with E-state index in [0.29, 0.717) is 10.0 Å². The topological polar surface area (TPSA) is 218 Å². The van der Waals surface area contributed by atoms with E-state index in [0.717, 1.165) is 62.4 Å². The summed E-state index contributed by atoms with van der Waals surface area (Å²) >= 11 is 30.9. The molecule has 4 amide bonds. The molecule has 2 atom stereocenters. The Morgan fingerprint density at radius 2 is 0.817 bits per heavy atom. The maximum absolute atomic E-state index is 14.0. The summed E-state index contributed by atoms with van der Waals surface area (Å²) in [6, 6.07) is 23.2. The zero-order valence-electron chi connectivity index (χ0n) is 42.1. The number of nitrogens with zero attached hydrogens (tertiary/aromatic N) is 4. The largest absolute Gasteiger partial charge is 0.457 e. The lowest BCUT2D eigenvalue weighted by Crippen LogP contribution is -2.32. The summed E-state index contributed by atoms with van der Waals surface area (Å²) in [5, 5.41) is 25.2. The lowest BCUT2D eigenvalue weighted by molar-refractivity contribution is -0.137. The van der Waals surface area contributed by atoms with Gasteiger partial charge in [-0.15, -0.1) is 0 Å². The predicted molar refractivity (Wildman–Crippen MR) is 296 cm³/mol. The Morgan fingerprint density at radius 1 is 0.439 bits per heavy atom. The van der Waals surface area contributed by atoms with Gasteiger partial charge in [0.1, 0.15) is 34.4 Å². The van der Waals surface area contributed by atoms with Crippen LogP contribution in [0.4, 0.5) is 60.5 Å². The summed E-state index contributed by atoms with van der Waals surface area (Å²) in [7, 11) is 0. The molecule has 0 aliphatic rings. The fourth-order valence-electron chi connectivity index (χ4n) is 7.19. The Hall–Kier alpha value is -8.41. The van der Waals surface area contributed by atoms with Crippen molar-refractivity contribution in [3.05, 3.63) is 186 Å². The van der Waals surface area contributed by atoms with Crippen molar-refractivity contribution in [1.29, 1.82) is 0 Å². The first-order valence-corrected chi connectivity index (χ1v) is 25.3. The van der Waals surface area contributed by atoms with E-state index in [-0.39, 0.29) is 77.5 Å². The zero-order chi connectivity index (χ0) is 59.8. The number of rotatable bonds is 18. The maximum Gasteiger partial charge on any atom is 0.418 e. The highest BCUT2D eigenvalue weighted by Crippen LogP contribution is 2.41. The van der Waals surface area contributed by atoms with Crippen molar-refractivity contribution < 1.29 is 64.6 Å². The first kappa shape index (κ1) is 61.2. The second kappa shape index (κ2) is 26.0. The molecular formula is C55H37Cl5F6N8O8. The summed E-state index contributed by atoms with van der Waals surface area (Å²) < 4.78 is 95.6. The highest BCUT2D eigenvalue weighted by molar-refractivity contribution is 6.35. The lowest BCUT2D eigenvalue weighted by atomic mass is 10.1. The van der Waals surface area contributed by atoms with Crippen LogP contribution in [0.2, 0.25) is 25.1 Å². The van der Waals surface area contributed by atoms with Crippen molar-refractivity contribution in [3.63, 3.8) is 0 Å². The molecule has 0 bridgehead atoms. The summed E-state index contributed by atoms with van der Waals surface area (Å²) in [6.45, 7) is 3.52. The van der Waals surface area contributed by atoms with Crippen LogP contribution in [0.1, 0.15) is 51.3 Å². The van der Waals surface area contributed by atoms with E-state index in [4.69, 9.17) is 67.5 Å². The van der Waals surface area contributed by atoms with Gasteiger partial charge in [-0.2, -0.15) is 46.8 Å². The quantitative estimate of drug-likeness (QED) is 0.0367. The minimum Gasteiger partial charge on any atom is -0.457 e. The molecule has 27 heteroatoms. The number of anilines is 4. The fourth-order valence-corrected chi connectivity index (χ4v) is 7.97. The molecule has 0 aliphatic heterocycles. The molecule has 2 unspecified atom stereocenters. The molecule has 0 radical (unpaired) electrons. The lowest BCUT2D eigenvalue weighted by Gasteiger charge is -2.16. The molecule has 0 saturated carbocycles. The molecule has 82 heavy (non-hydrogen) atoms. The third-order valence-electron chi connectivity index (χ3n) is 11.3. The number of alkyl halides is 6. The van der Waals surface area contributed by atoms with Gasteiger partial charge in [-0.1, -0.05) is 58.0 Å². The van der Waals surface area contributed by atoms with Crippen LogP contribution in [-0.2, 0) is 31.5 Å². The smallest absolute Gasteiger partial charge is 0.418 e. The Balaban J connectivity index is 1.01. The minimum absolute atomic E-state index is 0.0157. The first-order chi connectivity index (χ1) is 38.6. The fraction of sp³-hybridized carbons (Fsp3) is 0.127. The highest BCUT2D eigenvalue weighted by Gasteiger charge is 2.36. The van der Waals surface area contributed by atoms with E-state index in [2.05, 4.69) is 41.7 Å². The Labute approximate surface area is 485 Å². The van der Waals surface area contributed by atoms with Crippen LogP contribution in [0.5, 0.6) is 23.0 Å². The molecule has 0 saturated heterocycles. The molecular weight excluding hydrogens is 1190 g/mol. The second-order valence-corrected chi connectivity index (χ2v) is 19.4. The van der Waals surface area contributed by atoms with Gasteiger partial charge in [0, 0.05) is 39.0 Å². The van der Waals surface area contributed by atoms with Gasteiger partial charge in [0.2, 0.25) is 12.1 Å². The third kappa shape index (κ3) is 15.9. The van der Waals surface area contributed by atoms with E-state index < -0.39 is 82.1 Å². The summed E-state index contributed by atoms with van der Waals surface area (Å²) in [6.07, 6.45) is -9.79. The van der Waals surface area contributed by atoms with Crippen molar-refractivity contribution in [2.75, 3.05) is 21.3 Å². The number of carbonyl (C=O) groups excluding carboxylic acids is 6. The van der Waals surface area contributed by atoms with E-state index in [1.165, 1.54) is 91.9 Å². The maximum atomic E-state index is 14.0. The zero-order valence-corrected chi connectivity index (χ0v) is 45.8. The predicted octanol–water partition coefficient (Wildman–Crippen LogP) is 16.7. The number of ether oxygens (including phenoxy) is 2. The molecule has 7 aromatic rings. The van der Waals surface area contributed by atoms with Gasteiger partial charge in [-0.05, 0) is 148 Å². The number of hydrogen-bond acceptors (Lipinski definition) is 12. The van der Waals surface area contributed by atoms with Crippen LogP contribution in [0.25, 0.3) is 0 Å². The molecule has 0 fully saturated rings. The average Bonchev–Trinajstić information content (AvgIpc) is 3.55. The van der Waals surface area contributed by atoms with Crippen molar-refractivity contribution in [2.45, 2.75) is 45.2 Å². The van der Waals surface area contributed by atoms with Crippen LogP contribution in [0.15, 0.2) is 154 Å². The van der Waals surface area contributed by atoms with Crippen LogP contribution in [0.3, 0.4) is 0 Å². The number of nitrogens with one attached hydrogen (secondary N) is 4. The molecule has 4 N–H and O–H groups in total. The van der Waals surface area contributed by atoms with E-state index in [9.17, 15) is 55.1 Å². The van der Waals surface area contributed by atoms with Crippen LogP contribution in [0, 0.1) is 6.92 Å². The molecule has 0 aliphatic carbocycles. The Bertz CT molecular complexity index is 3480. The summed E-state index contributed by atoms with van der Waals surface area (Å²) in [4.78, 5) is 79.4. The average molecular weight is 1230 g/mol. The Kier molecular flexibility index (Phi) is 19.4. The molecule has 16 nitrogen and oxygen atoms in total. The number of amides is 4. The Morgan fingerprint density at radius 3 is 1.20 bits per heavy atom. The van der Waals surface area contributed by atoms with Gasteiger partial charge in [0.05, 0.1) is 43.3 Å². The third-order valence-corrected chi connectivity index (χ3v) is 12.7. The van der Waals surface area contributed by atoms with Gasteiger partial charge >= 0.3 is 12.4 Å². The summed E-state index contributed by atoms with van der Waals surface area (Å²) in [5.74, 6) is -5.41. The number of hydrogen-bond donors (Lipinski definition) is 4. The summed E-state index contributed by atoms with van der Waals surface area (Å²) in [5.41, 5.74) is -4.52. The van der Waals surface area contributed by atoms with Gasteiger partial charge in [-0.3, -0.25) is 28.8 Å². The molecule has 0 heterocycles. The number of ketones is 2. The van der Waals surface area contributed by atoms with Crippen LogP contribution in [-0.4, -0.2) is 47.3 Å².